The summed E-state index contributed by atoms with van der Waals surface area (Å²) in [5, 5.41) is 4.12. The van der Waals surface area contributed by atoms with Gasteiger partial charge in [0.2, 0.25) is 5.28 Å². The number of hydrogen-bond donors (Lipinski definition) is 0. The van der Waals surface area contributed by atoms with E-state index >= 15 is 0 Å². The highest BCUT2D eigenvalue weighted by atomic mass is 35.5. The molecule has 0 aliphatic carbocycles. The third-order valence-electron chi connectivity index (χ3n) is 1.80. The highest BCUT2D eigenvalue weighted by molar-refractivity contribution is 6.28. The van der Waals surface area contributed by atoms with Crippen molar-refractivity contribution in [3.63, 3.8) is 0 Å². The Morgan fingerprint density at radius 2 is 2.14 bits per heavy atom. The van der Waals surface area contributed by atoms with Gasteiger partial charge in [0.25, 0.3) is 0 Å². The lowest BCUT2D eigenvalue weighted by atomic mass is 10.4. The number of hydrogen-bond acceptors (Lipinski definition) is 4. The maximum atomic E-state index is 5.67. The zero-order valence-corrected chi connectivity index (χ0v) is 8.45. The van der Waals surface area contributed by atoms with Crippen molar-refractivity contribution in [1.29, 1.82) is 0 Å². The van der Waals surface area contributed by atoms with Crippen LogP contribution in [0.3, 0.4) is 0 Å². The lowest BCUT2D eigenvalue weighted by Crippen LogP contribution is -1.94. The van der Waals surface area contributed by atoms with Crippen LogP contribution in [0.25, 0.3) is 5.65 Å². The molecule has 2 rings (SSSR count). The minimum absolute atomic E-state index is 0.177. The molecule has 2 aromatic rings. The van der Waals surface area contributed by atoms with Crippen LogP contribution in [0.5, 0.6) is 11.5 Å². The summed E-state index contributed by atoms with van der Waals surface area (Å²) in [5.41, 5.74) is 0.568. The van der Waals surface area contributed by atoms with E-state index < -0.39 is 0 Å². The van der Waals surface area contributed by atoms with Crippen LogP contribution in [0, 0.1) is 0 Å². The van der Waals surface area contributed by atoms with Gasteiger partial charge in [-0.15, -0.1) is 5.10 Å². The number of fused-ring (bicyclic) bond motifs is 1. The smallest absolute Gasteiger partial charge is 0.243 e. The predicted octanol–water partition coefficient (Wildman–Crippen LogP) is 1.40. The molecule has 0 aliphatic heterocycles. The van der Waals surface area contributed by atoms with Crippen LogP contribution in [0.4, 0.5) is 0 Å². The average molecular weight is 214 g/mol. The number of methoxy groups -OCH3 is 2. The lowest BCUT2D eigenvalue weighted by molar-refractivity contribution is 0.392. The molecule has 0 aromatic carbocycles. The van der Waals surface area contributed by atoms with Gasteiger partial charge in [0, 0.05) is 6.07 Å². The van der Waals surface area contributed by atoms with Gasteiger partial charge >= 0.3 is 0 Å². The van der Waals surface area contributed by atoms with Crippen LogP contribution >= 0.6 is 11.6 Å². The molecule has 0 saturated carbocycles. The Bertz CT molecular complexity index is 469. The summed E-state index contributed by atoms with van der Waals surface area (Å²) in [6, 6.07) is 1.72. The standard InChI is InChI=1S/C8H8ClN3O2/c1-13-5-3-6(14-2)7-10-8(9)11-12(7)4-5/h3-4H,1-2H3. The topological polar surface area (TPSA) is 48.7 Å². The van der Waals surface area contributed by atoms with Gasteiger partial charge in [0.1, 0.15) is 5.75 Å². The van der Waals surface area contributed by atoms with Gasteiger partial charge in [0.15, 0.2) is 11.4 Å². The van der Waals surface area contributed by atoms with Crippen molar-refractivity contribution >= 4 is 17.2 Å². The highest BCUT2D eigenvalue weighted by Gasteiger charge is 2.09. The van der Waals surface area contributed by atoms with Crippen LogP contribution in [-0.2, 0) is 0 Å². The summed E-state index contributed by atoms with van der Waals surface area (Å²) in [6.45, 7) is 0. The van der Waals surface area contributed by atoms with Gasteiger partial charge in [-0.1, -0.05) is 0 Å². The number of aromatic nitrogens is 3. The van der Waals surface area contributed by atoms with Crippen molar-refractivity contribution < 1.29 is 9.47 Å². The molecule has 2 heterocycles. The Morgan fingerprint density at radius 1 is 1.36 bits per heavy atom. The molecule has 6 heteroatoms. The number of rotatable bonds is 2. The first kappa shape index (κ1) is 9.08. The van der Waals surface area contributed by atoms with Crippen LogP contribution in [0.1, 0.15) is 0 Å². The fourth-order valence-electron chi connectivity index (χ4n) is 1.17. The van der Waals surface area contributed by atoms with Crippen molar-refractivity contribution in [2.75, 3.05) is 14.2 Å². The first-order valence-electron chi connectivity index (χ1n) is 3.88. The predicted molar refractivity (Wildman–Crippen MR) is 51.1 cm³/mol. The molecule has 0 fully saturated rings. The zero-order valence-electron chi connectivity index (χ0n) is 7.69. The first-order valence-corrected chi connectivity index (χ1v) is 4.26. The van der Waals surface area contributed by atoms with Gasteiger partial charge in [-0.2, -0.15) is 4.98 Å². The second-order valence-electron chi connectivity index (χ2n) is 2.60. The van der Waals surface area contributed by atoms with E-state index in [2.05, 4.69) is 10.1 Å². The number of pyridine rings is 1. The first-order chi connectivity index (χ1) is 6.74. The zero-order chi connectivity index (χ0) is 10.1. The summed E-state index contributed by atoms with van der Waals surface area (Å²) in [4.78, 5) is 4.00. The van der Waals surface area contributed by atoms with Crippen molar-refractivity contribution in [3.8, 4) is 11.5 Å². The molecule has 5 nitrogen and oxygen atoms in total. The van der Waals surface area contributed by atoms with Crippen molar-refractivity contribution in [2.45, 2.75) is 0 Å². The normalized spacial score (nSPS) is 10.5. The fourth-order valence-corrected chi connectivity index (χ4v) is 1.33. The van der Waals surface area contributed by atoms with E-state index in [1.807, 2.05) is 0 Å². The lowest BCUT2D eigenvalue weighted by Gasteiger charge is -2.04. The molecule has 0 atom stereocenters. The Balaban J connectivity index is 2.72. The monoisotopic (exact) mass is 213 g/mol. The van der Waals surface area contributed by atoms with Crippen LogP contribution in [-0.4, -0.2) is 28.8 Å². The molecule has 0 N–H and O–H groups in total. The van der Waals surface area contributed by atoms with E-state index in [4.69, 9.17) is 21.1 Å². The molecule has 2 aromatic heterocycles. The maximum Gasteiger partial charge on any atom is 0.243 e. The summed E-state index contributed by atoms with van der Waals surface area (Å²) in [6.07, 6.45) is 1.68. The SMILES string of the molecule is COc1cc(OC)c2nc(Cl)nn2c1. The van der Waals surface area contributed by atoms with Crippen molar-refractivity contribution in [1.82, 2.24) is 14.6 Å². The van der Waals surface area contributed by atoms with E-state index in [0.29, 0.717) is 17.1 Å². The van der Waals surface area contributed by atoms with Gasteiger partial charge < -0.3 is 9.47 Å². The number of nitrogens with zero attached hydrogens (tertiary/aromatic N) is 3. The minimum atomic E-state index is 0.177. The maximum absolute atomic E-state index is 5.67. The summed E-state index contributed by atoms with van der Waals surface area (Å²) >= 11 is 5.67. The van der Waals surface area contributed by atoms with Crippen LogP contribution in [0.2, 0.25) is 5.28 Å². The molecule has 0 radical (unpaired) electrons. The third kappa shape index (κ3) is 1.35. The molecule has 0 aliphatic rings. The Labute approximate surface area is 85.2 Å². The molecule has 0 amide bonds. The van der Waals surface area contributed by atoms with Gasteiger partial charge in [-0.25, -0.2) is 4.52 Å². The summed E-state index contributed by atoms with van der Waals surface area (Å²) in [7, 11) is 3.12. The van der Waals surface area contributed by atoms with E-state index in [0.717, 1.165) is 0 Å². The van der Waals surface area contributed by atoms with Crippen LogP contribution in [0.15, 0.2) is 12.3 Å². The molecule has 0 spiro atoms. The Hall–Kier alpha value is -1.49. The molecule has 0 bridgehead atoms. The van der Waals surface area contributed by atoms with Gasteiger partial charge in [-0.05, 0) is 11.6 Å². The highest BCUT2D eigenvalue weighted by Crippen LogP contribution is 2.24. The fraction of sp³-hybridized carbons (Fsp3) is 0.250. The van der Waals surface area contributed by atoms with Gasteiger partial charge in [0.05, 0.1) is 20.4 Å². The van der Waals surface area contributed by atoms with E-state index in [1.54, 1.807) is 26.5 Å². The quantitative estimate of drug-likeness (QED) is 0.757. The second kappa shape index (κ2) is 3.34. The number of ether oxygens (including phenoxy) is 2. The molecule has 14 heavy (non-hydrogen) atoms. The second-order valence-corrected chi connectivity index (χ2v) is 2.94. The molecule has 0 saturated heterocycles. The number of halogens is 1. The van der Waals surface area contributed by atoms with Gasteiger partial charge in [-0.3, -0.25) is 0 Å². The Kier molecular flexibility index (Phi) is 2.17. The van der Waals surface area contributed by atoms with Crippen molar-refractivity contribution in [3.05, 3.63) is 17.5 Å². The van der Waals surface area contributed by atoms with Crippen molar-refractivity contribution in [2.24, 2.45) is 0 Å². The molecule has 74 valence electrons. The molecular formula is C8H8ClN3O2. The minimum Gasteiger partial charge on any atom is -0.495 e. The average Bonchev–Trinajstić information content (AvgIpc) is 2.56. The van der Waals surface area contributed by atoms with E-state index in [1.165, 1.54) is 4.52 Å². The largest absolute Gasteiger partial charge is 0.495 e. The Morgan fingerprint density at radius 3 is 2.79 bits per heavy atom. The summed E-state index contributed by atoms with van der Waals surface area (Å²) < 4.78 is 11.7. The van der Waals surface area contributed by atoms with Crippen LogP contribution < -0.4 is 9.47 Å². The van der Waals surface area contributed by atoms with E-state index in [-0.39, 0.29) is 5.28 Å². The summed E-state index contributed by atoms with van der Waals surface area (Å²) in [5.74, 6) is 1.21. The third-order valence-corrected chi connectivity index (χ3v) is 1.96. The molecule has 0 unspecified atom stereocenters. The molecular weight excluding hydrogens is 206 g/mol. The van der Waals surface area contributed by atoms with E-state index in [9.17, 15) is 0 Å².